The Labute approximate surface area is 113 Å². The summed E-state index contributed by atoms with van der Waals surface area (Å²) >= 11 is 3.54. The van der Waals surface area contributed by atoms with Crippen molar-refractivity contribution in [2.75, 3.05) is 13.2 Å². The van der Waals surface area contributed by atoms with Crippen LogP contribution >= 0.6 is 15.9 Å². The van der Waals surface area contributed by atoms with E-state index in [9.17, 15) is 0 Å². The zero-order chi connectivity index (χ0) is 12.7. The zero-order valence-electron chi connectivity index (χ0n) is 10.7. The lowest BCUT2D eigenvalue weighted by molar-refractivity contribution is 0.251. The van der Waals surface area contributed by atoms with Gasteiger partial charge in [-0.1, -0.05) is 41.4 Å². The van der Waals surface area contributed by atoms with Crippen LogP contribution in [-0.4, -0.2) is 18.3 Å². The molecule has 0 spiro atoms. The molecule has 0 aliphatic rings. The molecule has 0 bridgehead atoms. The molecule has 0 aliphatic carbocycles. The molecule has 2 nitrogen and oxygen atoms in total. The SMILES string of the molecule is CCC(CCO)CNCc1ccc(C)c(Br)c1. The van der Waals surface area contributed by atoms with Gasteiger partial charge in [0.2, 0.25) is 0 Å². The highest BCUT2D eigenvalue weighted by atomic mass is 79.9. The molecule has 0 amide bonds. The summed E-state index contributed by atoms with van der Waals surface area (Å²) in [6.45, 7) is 6.42. The standard InChI is InChI=1S/C14H22BrNO/c1-3-12(6-7-17)9-16-10-13-5-4-11(2)14(15)8-13/h4-5,8,12,16-17H,3,6-7,9-10H2,1-2H3. The molecule has 1 aromatic rings. The predicted molar refractivity (Wildman–Crippen MR) is 76.1 cm³/mol. The number of aliphatic hydroxyl groups is 1. The highest BCUT2D eigenvalue weighted by molar-refractivity contribution is 9.10. The molecule has 0 aromatic heterocycles. The van der Waals surface area contributed by atoms with Crippen LogP contribution in [0.5, 0.6) is 0 Å². The van der Waals surface area contributed by atoms with Gasteiger partial charge in [-0.15, -0.1) is 0 Å². The summed E-state index contributed by atoms with van der Waals surface area (Å²) in [6, 6.07) is 6.45. The number of nitrogens with one attached hydrogen (secondary N) is 1. The van der Waals surface area contributed by atoms with E-state index in [0.717, 1.165) is 25.9 Å². The molecule has 0 saturated heterocycles. The molecule has 0 fully saturated rings. The summed E-state index contributed by atoms with van der Waals surface area (Å²) in [4.78, 5) is 0. The molecule has 0 heterocycles. The van der Waals surface area contributed by atoms with E-state index in [2.05, 4.69) is 53.3 Å². The minimum absolute atomic E-state index is 0.288. The van der Waals surface area contributed by atoms with E-state index in [1.54, 1.807) is 0 Å². The summed E-state index contributed by atoms with van der Waals surface area (Å²) in [7, 11) is 0. The summed E-state index contributed by atoms with van der Waals surface area (Å²) in [6.07, 6.45) is 2.01. The van der Waals surface area contributed by atoms with Gasteiger partial charge in [-0.05, 0) is 43.0 Å². The Morgan fingerprint density at radius 1 is 1.41 bits per heavy atom. The highest BCUT2D eigenvalue weighted by Crippen LogP contribution is 2.17. The molecule has 96 valence electrons. The van der Waals surface area contributed by atoms with Crippen molar-refractivity contribution < 1.29 is 5.11 Å². The quantitative estimate of drug-likeness (QED) is 0.810. The van der Waals surface area contributed by atoms with Gasteiger partial charge in [0.25, 0.3) is 0 Å². The van der Waals surface area contributed by atoms with Gasteiger partial charge in [0.1, 0.15) is 0 Å². The van der Waals surface area contributed by atoms with Gasteiger partial charge >= 0.3 is 0 Å². The van der Waals surface area contributed by atoms with E-state index in [1.807, 2.05) is 0 Å². The van der Waals surface area contributed by atoms with Gasteiger partial charge in [-0.25, -0.2) is 0 Å². The van der Waals surface area contributed by atoms with Crippen LogP contribution in [0.2, 0.25) is 0 Å². The van der Waals surface area contributed by atoms with Gasteiger partial charge in [0.15, 0.2) is 0 Å². The van der Waals surface area contributed by atoms with Gasteiger partial charge in [-0.3, -0.25) is 0 Å². The fraction of sp³-hybridized carbons (Fsp3) is 0.571. The second kappa shape index (κ2) is 7.85. The van der Waals surface area contributed by atoms with Crippen molar-refractivity contribution in [2.45, 2.75) is 33.2 Å². The molecule has 1 atom stereocenters. The molecule has 1 aromatic carbocycles. The third kappa shape index (κ3) is 5.19. The third-order valence-corrected chi connectivity index (χ3v) is 3.97. The van der Waals surface area contributed by atoms with Crippen LogP contribution in [0.3, 0.4) is 0 Å². The van der Waals surface area contributed by atoms with E-state index in [0.29, 0.717) is 5.92 Å². The van der Waals surface area contributed by atoms with E-state index in [1.165, 1.54) is 15.6 Å². The van der Waals surface area contributed by atoms with Crippen LogP contribution in [-0.2, 0) is 6.54 Å². The normalized spacial score (nSPS) is 12.7. The van der Waals surface area contributed by atoms with Crippen molar-refractivity contribution in [3.05, 3.63) is 33.8 Å². The fourth-order valence-electron chi connectivity index (χ4n) is 1.80. The minimum atomic E-state index is 0.288. The fourth-order valence-corrected chi connectivity index (χ4v) is 2.23. The monoisotopic (exact) mass is 299 g/mol. The average molecular weight is 300 g/mol. The van der Waals surface area contributed by atoms with Crippen molar-refractivity contribution in [1.29, 1.82) is 0 Å². The third-order valence-electron chi connectivity index (χ3n) is 3.11. The Morgan fingerprint density at radius 3 is 2.76 bits per heavy atom. The van der Waals surface area contributed by atoms with E-state index in [-0.39, 0.29) is 6.61 Å². The average Bonchev–Trinajstić information content (AvgIpc) is 2.32. The Morgan fingerprint density at radius 2 is 2.18 bits per heavy atom. The Bertz CT molecular complexity index is 341. The summed E-state index contributed by atoms with van der Waals surface area (Å²) in [5, 5.41) is 12.4. The van der Waals surface area contributed by atoms with E-state index < -0.39 is 0 Å². The zero-order valence-corrected chi connectivity index (χ0v) is 12.3. The number of aliphatic hydroxyl groups excluding tert-OH is 1. The highest BCUT2D eigenvalue weighted by Gasteiger charge is 2.05. The largest absolute Gasteiger partial charge is 0.396 e. The number of aryl methyl sites for hydroxylation is 1. The topological polar surface area (TPSA) is 32.3 Å². The molecule has 3 heteroatoms. The Kier molecular flexibility index (Phi) is 6.78. The molecule has 0 saturated carbocycles. The van der Waals surface area contributed by atoms with Crippen LogP contribution in [0.4, 0.5) is 0 Å². The van der Waals surface area contributed by atoms with Gasteiger partial charge in [0, 0.05) is 17.6 Å². The van der Waals surface area contributed by atoms with Gasteiger partial charge in [-0.2, -0.15) is 0 Å². The predicted octanol–water partition coefficient (Wildman–Crippen LogP) is 3.26. The lowest BCUT2D eigenvalue weighted by atomic mass is 10.0. The van der Waals surface area contributed by atoms with Crippen molar-refractivity contribution in [1.82, 2.24) is 5.32 Å². The van der Waals surface area contributed by atoms with Crippen molar-refractivity contribution >= 4 is 15.9 Å². The summed E-state index contributed by atoms with van der Waals surface area (Å²) in [5.41, 5.74) is 2.56. The number of hydrogen-bond acceptors (Lipinski definition) is 2. The van der Waals surface area contributed by atoms with Crippen LogP contribution in [0.1, 0.15) is 30.9 Å². The maximum absolute atomic E-state index is 8.92. The van der Waals surface area contributed by atoms with Crippen LogP contribution < -0.4 is 5.32 Å². The number of hydrogen-bond donors (Lipinski definition) is 2. The maximum Gasteiger partial charge on any atom is 0.0434 e. The molecule has 0 aliphatic heterocycles. The molecule has 1 unspecified atom stereocenters. The summed E-state index contributed by atoms with van der Waals surface area (Å²) in [5.74, 6) is 0.578. The smallest absolute Gasteiger partial charge is 0.0434 e. The second-order valence-electron chi connectivity index (χ2n) is 4.50. The van der Waals surface area contributed by atoms with E-state index in [4.69, 9.17) is 5.11 Å². The van der Waals surface area contributed by atoms with Crippen LogP contribution in [0, 0.1) is 12.8 Å². The van der Waals surface area contributed by atoms with Crippen molar-refractivity contribution in [3.8, 4) is 0 Å². The molecular formula is C14H22BrNO. The lowest BCUT2D eigenvalue weighted by Crippen LogP contribution is -2.22. The van der Waals surface area contributed by atoms with E-state index >= 15 is 0 Å². The number of benzene rings is 1. The maximum atomic E-state index is 8.92. The molecule has 1 rings (SSSR count). The first-order chi connectivity index (χ1) is 8.17. The minimum Gasteiger partial charge on any atom is -0.396 e. The molecule has 2 N–H and O–H groups in total. The van der Waals surface area contributed by atoms with Gasteiger partial charge in [0.05, 0.1) is 0 Å². The molecule has 0 radical (unpaired) electrons. The Balaban J connectivity index is 2.37. The molecular weight excluding hydrogens is 278 g/mol. The van der Waals surface area contributed by atoms with Crippen LogP contribution in [0.15, 0.2) is 22.7 Å². The summed E-state index contributed by atoms with van der Waals surface area (Å²) < 4.78 is 1.17. The van der Waals surface area contributed by atoms with Gasteiger partial charge < -0.3 is 10.4 Å². The van der Waals surface area contributed by atoms with Crippen molar-refractivity contribution in [2.24, 2.45) is 5.92 Å². The second-order valence-corrected chi connectivity index (χ2v) is 5.36. The first-order valence-corrected chi connectivity index (χ1v) is 7.03. The molecule has 17 heavy (non-hydrogen) atoms. The lowest BCUT2D eigenvalue weighted by Gasteiger charge is -2.14. The first kappa shape index (κ1) is 14.7. The number of rotatable bonds is 7. The Hall–Kier alpha value is -0.380. The first-order valence-electron chi connectivity index (χ1n) is 6.24. The number of halogens is 1. The van der Waals surface area contributed by atoms with Crippen molar-refractivity contribution in [3.63, 3.8) is 0 Å². The van der Waals surface area contributed by atoms with Crippen LogP contribution in [0.25, 0.3) is 0 Å².